The quantitative estimate of drug-likeness (QED) is 0.538. The number of nitrogens with one attached hydrogen (secondary N) is 2. The van der Waals surface area contributed by atoms with Gasteiger partial charge in [0.2, 0.25) is 11.8 Å². The van der Waals surface area contributed by atoms with Crippen LogP contribution in [0.5, 0.6) is 0 Å². The average molecular weight is 267 g/mol. The van der Waals surface area contributed by atoms with E-state index in [-0.39, 0.29) is 30.1 Å². The van der Waals surface area contributed by atoms with E-state index in [4.69, 9.17) is 0 Å². The summed E-state index contributed by atoms with van der Waals surface area (Å²) in [7, 11) is 1.65. The van der Waals surface area contributed by atoms with Gasteiger partial charge in [0.25, 0.3) is 0 Å². The first kappa shape index (κ1) is 13.5. The van der Waals surface area contributed by atoms with Gasteiger partial charge in [-0.3, -0.25) is 10.1 Å². The number of aliphatic hydroxyl groups excluding tert-OH is 1. The first-order chi connectivity index (χ1) is 9.15. The molecule has 0 bridgehead atoms. The monoisotopic (exact) mass is 267 g/mol. The van der Waals surface area contributed by atoms with Gasteiger partial charge in [-0.2, -0.15) is 4.98 Å². The molecule has 0 spiro atoms. The summed E-state index contributed by atoms with van der Waals surface area (Å²) in [4.78, 5) is 18.4. The van der Waals surface area contributed by atoms with Gasteiger partial charge in [-0.05, 0) is 12.8 Å². The Balaban J connectivity index is 2.24. The molecule has 1 heterocycles. The standard InChI is InChI=1S/C11H17N5O3/c1-12-11-13-5-9(16(18)19)10(15-11)14-8-4-2-3-7(8)6-17/h5,7-8,17H,2-4,6H2,1H3,(H2,12,13,14,15). The molecule has 1 saturated carbocycles. The molecule has 3 N–H and O–H groups in total. The largest absolute Gasteiger partial charge is 0.396 e. The molecule has 1 fully saturated rings. The van der Waals surface area contributed by atoms with Crippen LogP contribution in [0.15, 0.2) is 6.20 Å². The Morgan fingerprint density at radius 1 is 1.58 bits per heavy atom. The van der Waals surface area contributed by atoms with Crippen molar-refractivity contribution in [2.24, 2.45) is 5.92 Å². The van der Waals surface area contributed by atoms with E-state index in [0.717, 1.165) is 19.3 Å². The highest BCUT2D eigenvalue weighted by Crippen LogP contribution is 2.30. The van der Waals surface area contributed by atoms with Gasteiger partial charge in [0.15, 0.2) is 0 Å². The van der Waals surface area contributed by atoms with E-state index in [9.17, 15) is 15.2 Å². The van der Waals surface area contributed by atoms with E-state index in [0.29, 0.717) is 5.95 Å². The van der Waals surface area contributed by atoms with Gasteiger partial charge in [0.1, 0.15) is 6.20 Å². The first-order valence-electron chi connectivity index (χ1n) is 6.22. The summed E-state index contributed by atoms with van der Waals surface area (Å²) in [5, 5.41) is 26.1. The van der Waals surface area contributed by atoms with E-state index >= 15 is 0 Å². The Morgan fingerprint density at radius 2 is 2.37 bits per heavy atom. The zero-order chi connectivity index (χ0) is 13.8. The predicted octanol–water partition coefficient (Wildman–Crippen LogP) is 0.999. The third-order valence-corrected chi connectivity index (χ3v) is 3.41. The molecule has 0 saturated heterocycles. The molecular weight excluding hydrogens is 250 g/mol. The minimum atomic E-state index is -0.509. The van der Waals surface area contributed by atoms with E-state index in [1.165, 1.54) is 6.20 Å². The van der Waals surface area contributed by atoms with Crippen LogP contribution in [0.25, 0.3) is 0 Å². The summed E-state index contributed by atoms with van der Waals surface area (Å²) in [5.41, 5.74) is -0.150. The Labute approximate surface area is 110 Å². The minimum absolute atomic E-state index is 0.0170. The van der Waals surface area contributed by atoms with Crippen LogP contribution in [0.2, 0.25) is 0 Å². The molecule has 0 radical (unpaired) electrons. The summed E-state index contributed by atoms with van der Waals surface area (Å²) >= 11 is 0. The fraction of sp³-hybridized carbons (Fsp3) is 0.636. The summed E-state index contributed by atoms with van der Waals surface area (Å²) in [6.45, 7) is 0.0788. The van der Waals surface area contributed by atoms with Crippen LogP contribution in [-0.2, 0) is 0 Å². The lowest BCUT2D eigenvalue weighted by Crippen LogP contribution is -2.27. The van der Waals surface area contributed by atoms with Crippen LogP contribution >= 0.6 is 0 Å². The van der Waals surface area contributed by atoms with Crippen LogP contribution in [-0.4, -0.2) is 39.7 Å². The fourth-order valence-corrected chi connectivity index (χ4v) is 2.36. The molecule has 1 aliphatic rings. The van der Waals surface area contributed by atoms with Crippen LogP contribution in [0.4, 0.5) is 17.5 Å². The first-order valence-corrected chi connectivity index (χ1v) is 6.22. The van der Waals surface area contributed by atoms with Crippen molar-refractivity contribution in [3.8, 4) is 0 Å². The van der Waals surface area contributed by atoms with Crippen molar-refractivity contribution >= 4 is 17.5 Å². The normalized spacial score (nSPS) is 22.2. The van der Waals surface area contributed by atoms with Crippen molar-refractivity contribution in [1.82, 2.24) is 9.97 Å². The van der Waals surface area contributed by atoms with Crippen molar-refractivity contribution in [1.29, 1.82) is 0 Å². The van der Waals surface area contributed by atoms with E-state index < -0.39 is 4.92 Å². The van der Waals surface area contributed by atoms with E-state index in [2.05, 4.69) is 20.6 Å². The molecular formula is C11H17N5O3. The van der Waals surface area contributed by atoms with Gasteiger partial charge in [-0.1, -0.05) is 6.42 Å². The predicted molar refractivity (Wildman–Crippen MR) is 70.1 cm³/mol. The highest BCUT2D eigenvalue weighted by atomic mass is 16.6. The third kappa shape index (κ3) is 2.90. The van der Waals surface area contributed by atoms with Crippen molar-refractivity contribution in [3.05, 3.63) is 16.3 Å². The summed E-state index contributed by atoms with van der Waals surface area (Å²) in [5.74, 6) is 0.647. The molecule has 0 amide bonds. The van der Waals surface area contributed by atoms with Gasteiger partial charge in [0, 0.05) is 25.6 Å². The lowest BCUT2D eigenvalue weighted by Gasteiger charge is -2.19. The molecule has 8 heteroatoms. The summed E-state index contributed by atoms with van der Waals surface area (Å²) < 4.78 is 0. The molecule has 2 atom stereocenters. The number of rotatable bonds is 5. The van der Waals surface area contributed by atoms with Gasteiger partial charge >= 0.3 is 5.69 Å². The second kappa shape index (κ2) is 5.79. The maximum absolute atomic E-state index is 11.0. The smallest absolute Gasteiger partial charge is 0.329 e. The number of hydrogen-bond acceptors (Lipinski definition) is 7. The van der Waals surface area contributed by atoms with Crippen LogP contribution in [0.3, 0.4) is 0 Å². The van der Waals surface area contributed by atoms with Crippen LogP contribution in [0, 0.1) is 16.0 Å². The number of nitrogens with zero attached hydrogens (tertiary/aromatic N) is 3. The molecule has 2 unspecified atom stereocenters. The van der Waals surface area contributed by atoms with E-state index in [1.54, 1.807) is 7.05 Å². The summed E-state index contributed by atoms with van der Waals surface area (Å²) in [6, 6.07) is 0.0170. The molecule has 8 nitrogen and oxygen atoms in total. The maximum atomic E-state index is 11.0. The van der Waals surface area contributed by atoms with Crippen molar-refractivity contribution in [2.75, 3.05) is 24.3 Å². The average Bonchev–Trinajstić information content (AvgIpc) is 2.85. The lowest BCUT2D eigenvalue weighted by atomic mass is 10.1. The number of aromatic nitrogens is 2. The molecule has 2 rings (SSSR count). The van der Waals surface area contributed by atoms with Crippen molar-refractivity contribution in [2.45, 2.75) is 25.3 Å². The molecule has 0 aliphatic heterocycles. The Hall–Kier alpha value is -1.96. The molecule has 19 heavy (non-hydrogen) atoms. The zero-order valence-corrected chi connectivity index (χ0v) is 10.7. The number of aliphatic hydroxyl groups is 1. The molecule has 0 aromatic carbocycles. The van der Waals surface area contributed by atoms with E-state index in [1.807, 2.05) is 0 Å². The molecule has 1 aromatic heterocycles. The topological polar surface area (TPSA) is 113 Å². The number of hydrogen-bond donors (Lipinski definition) is 3. The SMILES string of the molecule is CNc1ncc([N+](=O)[O-])c(NC2CCCC2CO)n1. The molecule has 1 aromatic rings. The lowest BCUT2D eigenvalue weighted by molar-refractivity contribution is -0.384. The van der Waals surface area contributed by atoms with Gasteiger partial charge in [-0.15, -0.1) is 0 Å². The Kier molecular flexibility index (Phi) is 4.10. The fourth-order valence-electron chi connectivity index (χ4n) is 2.36. The van der Waals surface area contributed by atoms with Gasteiger partial charge in [0.05, 0.1) is 4.92 Å². The second-order valence-corrected chi connectivity index (χ2v) is 4.56. The van der Waals surface area contributed by atoms with Crippen LogP contribution < -0.4 is 10.6 Å². The van der Waals surface area contributed by atoms with Gasteiger partial charge < -0.3 is 15.7 Å². The van der Waals surface area contributed by atoms with Crippen molar-refractivity contribution in [3.63, 3.8) is 0 Å². The Bertz CT molecular complexity index is 468. The highest BCUT2D eigenvalue weighted by molar-refractivity contribution is 5.57. The van der Waals surface area contributed by atoms with Crippen LogP contribution in [0.1, 0.15) is 19.3 Å². The maximum Gasteiger partial charge on any atom is 0.329 e. The summed E-state index contributed by atoms with van der Waals surface area (Å²) in [6.07, 6.45) is 3.98. The zero-order valence-electron chi connectivity index (χ0n) is 10.7. The van der Waals surface area contributed by atoms with Crippen molar-refractivity contribution < 1.29 is 10.0 Å². The number of nitro groups is 1. The van der Waals surface area contributed by atoms with Gasteiger partial charge in [-0.25, -0.2) is 4.98 Å². The second-order valence-electron chi connectivity index (χ2n) is 4.56. The molecule has 1 aliphatic carbocycles. The third-order valence-electron chi connectivity index (χ3n) is 3.41. The molecule has 104 valence electrons. The highest BCUT2D eigenvalue weighted by Gasteiger charge is 2.29. The minimum Gasteiger partial charge on any atom is -0.396 e. The Morgan fingerprint density at radius 3 is 3.00 bits per heavy atom. The number of anilines is 2.